The second-order valence-corrected chi connectivity index (χ2v) is 7.30. The van der Waals surface area contributed by atoms with Crippen LogP contribution in [0.4, 0.5) is 0 Å². The standard InChI is InChI=1S/C23H24N2O2/c26-22-15-18(20-13-7-8-14-21(20)24-22)16-25(19-11-5-2-6-12-19)23(27)17-9-3-1-4-10-17/h1,3-4,7-10,13-15,19H,2,5-6,11-12,16H2,(H,24,26). The van der Waals surface area contributed by atoms with Gasteiger partial charge in [0.05, 0.1) is 0 Å². The van der Waals surface area contributed by atoms with Crippen LogP contribution in [0.25, 0.3) is 10.9 Å². The van der Waals surface area contributed by atoms with Gasteiger partial charge in [0.25, 0.3) is 5.91 Å². The number of hydrogen-bond acceptors (Lipinski definition) is 2. The van der Waals surface area contributed by atoms with Crippen LogP contribution >= 0.6 is 0 Å². The van der Waals surface area contributed by atoms with Crippen LogP contribution in [0.5, 0.6) is 0 Å². The smallest absolute Gasteiger partial charge is 0.254 e. The van der Waals surface area contributed by atoms with Gasteiger partial charge in [-0.05, 0) is 36.6 Å². The van der Waals surface area contributed by atoms with Gasteiger partial charge in [-0.3, -0.25) is 9.59 Å². The minimum atomic E-state index is -0.126. The predicted octanol–water partition coefficient (Wildman–Crippen LogP) is 4.50. The van der Waals surface area contributed by atoms with E-state index in [0.717, 1.165) is 42.1 Å². The van der Waals surface area contributed by atoms with Crippen molar-refractivity contribution in [3.05, 3.63) is 82.1 Å². The fraction of sp³-hybridized carbons (Fsp3) is 0.304. The zero-order valence-corrected chi connectivity index (χ0v) is 15.4. The van der Waals surface area contributed by atoms with E-state index in [1.807, 2.05) is 59.5 Å². The van der Waals surface area contributed by atoms with E-state index in [-0.39, 0.29) is 17.5 Å². The highest BCUT2D eigenvalue weighted by atomic mass is 16.2. The van der Waals surface area contributed by atoms with Gasteiger partial charge in [0, 0.05) is 35.1 Å². The zero-order chi connectivity index (χ0) is 18.6. The highest BCUT2D eigenvalue weighted by Gasteiger charge is 2.27. The molecule has 1 amide bonds. The molecule has 1 fully saturated rings. The summed E-state index contributed by atoms with van der Waals surface area (Å²) in [6, 6.07) is 19.1. The lowest BCUT2D eigenvalue weighted by Gasteiger charge is -2.35. The number of rotatable bonds is 4. The summed E-state index contributed by atoms with van der Waals surface area (Å²) in [6.07, 6.45) is 5.59. The van der Waals surface area contributed by atoms with E-state index in [2.05, 4.69) is 4.98 Å². The van der Waals surface area contributed by atoms with Crippen LogP contribution in [0, 0.1) is 0 Å². The van der Waals surface area contributed by atoms with Gasteiger partial charge in [-0.25, -0.2) is 0 Å². The van der Waals surface area contributed by atoms with Gasteiger partial charge in [-0.2, -0.15) is 0 Å². The molecule has 0 saturated heterocycles. The quantitative estimate of drug-likeness (QED) is 0.744. The Morgan fingerprint density at radius 1 is 0.963 bits per heavy atom. The molecular formula is C23H24N2O2. The number of carbonyl (C=O) groups is 1. The molecule has 2 aromatic carbocycles. The Hall–Kier alpha value is -2.88. The van der Waals surface area contributed by atoms with Gasteiger partial charge < -0.3 is 9.88 Å². The van der Waals surface area contributed by atoms with E-state index >= 15 is 0 Å². The average Bonchev–Trinajstić information content (AvgIpc) is 2.72. The molecule has 138 valence electrons. The first-order valence-electron chi connectivity index (χ1n) is 9.69. The number of amides is 1. The van der Waals surface area contributed by atoms with Gasteiger partial charge in [0.1, 0.15) is 0 Å². The molecule has 1 heterocycles. The van der Waals surface area contributed by atoms with E-state index in [9.17, 15) is 9.59 Å². The fourth-order valence-electron chi connectivity index (χ4n) is 4.10. The maximum Gasteiger partial charge on any atom is 0.254 e. The maximum absolute atomic E-state index is 13.3. The van der Waals surface area contributed by atoms with Gasteiger partial charge in [-0.1, -0.05) is 55.7 Å². The van der Waals surface area contributed by atoms with E-state index in [4.69, 9.17) is 0 Å². The van der Waals surface area contributed by atoms with Gasteiger partial charge >= 0.3 is 0 Å². The summed E-state index contributed by atoms with van der Waals surface area (Å²) in [5, 5.41) is 0.999. The Labute approximate surface area is 158 Å². The number of nitrogens with one attached hydrogen (secondary N) is 1. The topological polar surface area (TPSA) is 53.2 Å². The van der Waals surface area contributed by atoms with Crippen molar-refractivity contribution in [3.63, 3.8) is 0 Å². The molecule has 0 atom stereocenters. The summed E-state index contributed by atoms with van der Waals surface area (Å²) < 4.78 is 0. The highest BCUT2D eigenvalue weighted by molar-refractivity contribution is 5.94. The van der Waals surface area contributed by atoms with Crippen molar-refractivity contribution in [2.75, 3.05) is 0 Å². The molecule has 0 spiro atoms. The number of fused-ring (bicyclic) bond motifs is 1. The fourth-order valence-corrected chi connectivity index (χ4v) is 4.10. The average molecular weight is 360 g/mol. The molecule has 1 N–H and O–H groups in total. The predicted molar refractivity (Wildman–Crippen MR) is 108 cm³/mol. The molecule has 1 aliphatic carbocycles. The molecule has 0 unspecified atom stereocenters. The minimum absolute atomic E-state index is 0.0480. The van der Waals surface area contributed by atoms with Crippen LogP contribution in [-0.2, 0) is 6.54 Å². The molecule has 4 nitrogen and oxygen atoms in total. The number of para-hydroxylation sites is 1. The summed E-state index contributed by atoms with van der Waals surface area (Å²) in [6.45, 7) is 0.461. The lowest BCUT2D eigenvalue weighted by molar-refractivity contribution is 0.0615. The van der Waals surface area contributed by atoms with Crippen LogP contribution in [0.3, 0.4) is 0 Å². The number of aromatic nitrogens is 1. The Morgan fingerprint density at radius 2 is 1.67 bits per heavy atom. The van der Waals surface area contributed by atoms with Gasteiger partial charge in [-0.15, -0.1) is 0 Å². The maximum atomic E-state index is 13.3. The van der Waals surface area contributed by atoms with Crippen molar-refractivity contribution in [1.29, 1.82) is 0 Å². The van der Waals surface area contributed by atoms with Crippen molar-refractivity contribution >= 4 is 16.8 Å². The lowest BCUT2D eigenvalue weighted by Crippen LogP contribution is -2.41. The molecule has 0 bridgehead atoms. The van der Waals surface area contributed by atoms with E-state index in [1.165, 1.54) is 6.42 Å². The summed E-state index contributed by atoms with van der Waals surface area (Å²) >= 11 is 0. The van der Waals surface area contributed by atoms with Crippen LogP contribution in [0.15, 0.2) is 65.5 Å². The molecule has 4 heteroatoms. The van der Waals surface area contributed by atoms with E-state index < -0.39 is 0 Å². The lowest BCUT2D eigenvalue weighted by atomic mass is 9.93. The molecular weight excluding hydrogens is 336 g/mol. The Morgan fingerprint density at radius 3 is 2.44 bits per heavy atom. The van der Waals surface area contributed by atoms with Crippen molar-refractivity contribution in [2.24, 2.45) is 0 Å². The van der Waals surface area contributed by atoms with Crippen molar-refractivity contribution in [1.82, 2.24) is 9.88 Å². The molecule has 1 aromatic heterocycles. The number of hydrogen-bond donors (Lipinski definition) is 1. The number of aromatic amines is 1. The summed E-state index contributed by atoms with van der Waals surface area (Å²) in [7, 11) is 0. The molecule has 1 saturated carbocycles. The third-order valence-corrected chi connectivity index (χ3v) is 5.47. The number of pyridine rings is 1. The zero-order valence-electron chi connectivity index (χ0n) is 15.4. The van der Waals surface area contributed by atoms with Gasteiger partial charge in [0.15, 0.2) is 0 Å². The number of H-pyrrole nitrogens is 1. The van der Waals surface area contributed by atoms with E-state index in [1.54, 1.807) is 6.07 Å². The minimum Gasteiger partial charge on any atom is -0.331 e. The van der Waals surface area contributed by atoms with Crippen molar-refractivity contribution < 1.29 is 4.79 Å². The highest BCUT2D eigenvalue weighted by Crippen LogP contribution is 2.27. The first-order valence-corrected chi connectivity index (χ1v) is 9.69. The summed E-state index contributed by atoms with van der Waals surface area (Å²) in [5.41, 5.74) is 2.30. The molecule has 27 heavy (non-hydrogen) atoms. The summed E-state index contributed by atoms with van der Waals surface area (Å²) in [5.74, 6) is 0.0480. The Bertz CT molecular complexity index is 988. The number of carbonyl (C=O) groups excluding carboxylic acids is 1. The Kier molecular flexibility index (Phi) is 5.05. The van der Waals surface area contributed by atoms with Crippen LogP contribution in [0.1, 0.15) is 48.0 Å². The van der Waals surface area contributed by atoms with Crippen molar-refractivity contribution in [3.8, 4) is 0 Å². The van der Waals surface area contributed by atoms with Crippen LogP contribution < -0.4 is 5.56 Å². The van der Waals surface area contributed by atoms with E-state index in [0.29, 0.717) is 12.1 Å². The van der Waals surface area contributed by atoms with Crippen LogP contribution in [-0.4, -0.2) is 21.8 Å². The first-order chi connectivity index (χ1) is 13.2. The monoisotopic (exact) mass is 360 g/mol. The molecule has 3 aromatic rings. The molecule has 0 radical (unpaired) electrons. The first kappa shape index (κ1) is 17.5. The molecule has 4 rings (SSSR count). The SMILES string of the molecule is O=C(c1ccccc1)N(Cc1cc(=O)[nH]c2ccccc12)C1CCCCC1. The van der Waals surface area contributed by atoms with Gasteiger partial charge in [0.2, 0.25) is 5.56 Å². The van der Waals surface area contributed by atoms with Crippen molar-refractivity contribution in [2.45, 2.75) is 44.7 Å². The Balaban J connectivity index is 1.73. The largest absolute Gasteiger partial charge is 0.331 e. The number of nitrogens with zero attached hydrogens (tertiary/aromatic N) is 1. The third-order valence-electron chi connectivity index (χ3n) is 5.47. The second-order valence-electron chi connectivity index (χ2n) is 7.30. The summed E-state index contributed by atoms with van der Waals surface area (Å²) in [4.78, 5) is 30.3. The number of benzene rings is 2. The second kappa shape index (κ2) is 7.78. The van der Waals surface area contributed by atoms with Crippen LogP contribution in [0.2, 0.25) is 0 Å². The normalized spacial score (nSPS) is 15.0. The molecule has 0 aliphatic heterocycles. The third kappa shape index (κ3) is 3.80. The molecule has 1 aliphatic rings.